The van der Waals surface area contributed by atoms with Crippen LogP contribution in [-0.2, 0) is 9.53 Å². The Hall–Kier alpha value is -3.48. The number of hydrogen-bond donors (Lipinski definition) is 0. The molecule has 0 unspecified atom stereocenters. The highest BCUT2D eigenvalue weighted by Gasteiger charge is 2.25. The van der Waals surface area contributed by atoms with Crippen molar-refractivity contribution in [2.24, 2.45) is 4.99 Å². The molecule has 0 N–H and O–H groups in total. The van der Waals surface area contributed by atoms with Crippen LogP contribution in [0.1, 0.15) is 11.1 Å². The molecule has 0 saturated carbocycles. The number of cyclic esters (lactones) is 1. The van der Waals surface area contributed by atoms with Gasteiger partial charge in [0.25, 0.3) is 0 Å². The second kappa shape index (κ2) is 7.03. The van der Waals surface area contributed by atoms with Gasteiger partial charge in [-0.2, -0.15) is 0 Å². The number of ether oxygens (including phenoxy) is 5. The Morgan fingerprint density at radius 1 is 0.963 bits per heavy atom. The lowest BCUT2D eigenvalue weighted by atomic mass is 10.1. The fourth-order valence-electron chi connectivity index (χ4n) is 2.81. The zero-order valence-electron chi connectivity index (χ0n) is 14.9. The van der Waals surface area contributed by atoms with E-state index in [0.29, 0.717) is 41.8 Å². The molecule has 2 aliphatic rings. The largest absolute Gasteiger partial charge is 0.493 e. The molecular weight excluding hydrogens is 350 g/mol. The Balaban J connectivity index is 1.64. The molecule has 4 rings (SSSR count). The van der Waals surface area contributed by atoms with Crippen LogP contribution in [0.2, 0.25) is 0 Å². The highest BCUT2D eigenvalue weighted by atomic mass is 16.6. The van der Waals surface area contributed by atoms with Crippen molar-refractivity contribution in [3.63, 3.8) is 0 Å². The Labute approximate surface area is 155 Å². The smallest absolute Gasteiger partial charge is 0.363 e. The van der Waals surface area contributed by atoms with E-state index in [1.807, 2.05) is 6.07 Å². The fraction of sp³-hybridized carbons (Fsp3) is 0.200. The van der Waals surface area contributed by atoms with Gasteiger partial charge in [-0.25, -0.2) is 9.79 Å². The summed E-state index contributed by atoms with van der Waals surface area (Å²) in [6.07, 6.45) is 1.65. The first-order valence-corrected chi connectivity index (χ1v) is 8.32. The molecule has 2 aromatic rings. The average molecular weight is 367 g/mol. The van der Waals surface area contributed by atoms with Gasteiger partial charge in [-0.3, -0.25) is 0 Å². The molecule has 0 amide bonds. The molecule has 2 aliphatic heterocycles. The summed E-state index contributed by atoms with van der Waals surface area (Å²) in [6, 6.07) is 10.6. The van der Waals surface area contributed by atoms with E-state index in [2.05, 4.69) is 4.99 Å². The Bertz CT molecular complexity index is 963. The van der Waals surface area contributed by atoms with Gasteiger partial charge in [-0.1, -0.05) is 6.07 Å². The number of esters is 1. The van der Waals surface area contributed by atoms with Crippen LogP contribution in [0.25, 0.3) is 6.08 Å². The quantitative estimate of drug-likeness (QED) is 0.611. The molecule has 0 atom stereocenters. The molecule has 0 spiro atoms. The molecule has 138 valence electrons. The molecule has 2 heterocycles. The third kappa shape index (κ3) is 3.31. The van der Waals surface area contributed by atoms with E-state index in [-0.39, 0.29) is 11.6 Å². The topological polar surface area (TPSA) is 75.6 Å². The first-order valence-electron chi connectivity index (χ1n) is 8.32. The van der Waals surface area contributed by atoms with Crippen molar-refractivity contribution in [3.05, 3.63) is 53.2 Å². The minimum atomic E-state index is -0.519. The second-order valence-corrected chi connectivity index (χ2v) is 5.81. The molecule has 0 saturated heterocycles. The van der Waals surface area contributed by atoms with E-state index >= 15 is 0 Å². The SMILES string of the molecule is COc1ccc(C2=NC(=Cc3ccc4c(c3)OCCO4)C(=O)O2)cc1OC. The van der Waals surface area contributed by atoms with Gasteiger partial charge in [0.05, 0.1) is 14.2 Å². The lowest BCUT2D eigenvalue weighted by Gasteiger charge is -2.18. The zero-order chi connectivity index (χ0) is 18.8. The summed E-state index contributed by atoms with van der Waals surface area (Å²) in [5.74, 6) is 2.13. The number of hydrogen-bond acceptors (Lipinski definition) is 7. The normalized spacial score (nSPS) is 16.7. The maximum Gasteiger partial charge on any atom is 0.363 e. The lowest BCUT2D eigenvalue weighted by molar-refractivity contribution is -0.129. The molecule has 7 heteroatoms. The first kappa shape index (κ1) is 17.0. The van der Waals surface area contributed by atoms with Crippen molar-refractivity contribution >= 4 is 17.9 Å². The zero-order valence-corrected chi connectivity index (χ0v) is 14.9. The molecule has 0 radical (unpaired) electrons. The monoisotopic (exact) mass is 367 g/mol. The highest BCUT2D eigenvalue weighted by Crippen LogP contribution is 2.32. The molecule has 0 aromatic heterocycles. The fourth-order valence-corrected chi connectivity index (χ4v) is 2.81. The number of fused-ring (bicyclic) bond motifs is 1. The summed E-state index contributed by atoms with van der Waals surface area (Å²) < 4.78 is 26.9. The van der Waals surface area contributed by atoms with Crippen LogP contribution in [0.15, 0.2) is 47.1 Å². The molecular formula is C20H17NO6. The maximum atomic E-state index is 12.2. The van der Waals surface area contributed by atoms with E-state index in [1.165, 1.54) is 7.11 Å². The van der Waals surface area contributed by atoms with E-state index in [0.717, 1.165) is 5.56 Å². The van der Waals surface area contributed by atoms with Crippen LogP contribution < -0.4 is 18.9 Å². The van der Waals surface area contributed by atoms with Crippen LogP contribution in [0.5, 0.6) is 23.0 Å². The van der Waals surface area contributed by atoms with Crippen molar-refractivity contribution in [1.82, 2.24) is 0 Å². The van der Waals surface area contributed by atoms with Crippen molar-refractivity contribution < 1.29 is 28.5 Å². The third-order valence-corrected chi connectivity index (χ3v) is 4.12. The third-order valence-electron chi connectivity index (χ3n) is 4.12. The van der Waals surface area contributed by atoms with Crippen molar-refractivity contribution in [1.29, 1.82) is 0 Å². The predicted molar refractivity (Wildman–Crippen MR) is 97.6 cm³/mol. The van der Waals surface area contributed by atoms with Gasteiger partial charge < -0.3 is 23.7 Å². The molecule has 7 nitrogen and oxygen atoms in total. The minimum Gasteiger partial charge on any atom is -0.493 e. The Kier molecular flexibility index (Phi) is 4.42. The molecule has 0 fully saturated rings. The van der Waals surface area contributed by atoms with Crippen LogP contribution in [0.4, 0.5) is 0 Å². The standard InChI is InChI=1S/C20H17NO6/c1-23-15-6-4-13(11-17(15)24-2)19-21-14(20(22)27-19)9-12-3-5-16-18(10-12)26-8-7-25-16/h3-6,9-11H,7-8H2,1-2H3. The molecule has 27 heavy (non-hydrogen) atoms. The van der Waals surface area contributed by atoms with Crippen LogP contribution in [0.3, 0.4) is 0 Å². The van der Waals surface area contributed by atoms with E-state index in [9.17, 15) is 4.79 Å². The van der Waals surface area contributed by atoms with Crippen molar-refractivity contribution in [2.45, 2.75) is 0 Å². The van der Waals surface area contributed by atoms with Crippen LogP contribution in [-0.4, -0.2) is 39.3 Å². The summed E-state index contributed by atoms with van der Waals surface area (Å²) in [5, 5.41) is 0. The molecule has 0 aliphatic carbocycles. The summed E-state index contributed by atoms with van der Waals surface area (Å²) in [5.41, 5.74) is 1.59. The van der Waals surface area contributed by atoms with Crippen molar-refractivity contribution in [2.75, 3.05) is 27.4 Å². The number of methoxy groups -OCH3 is 2. The van der Waals surface area contributed by atoms with Gasteiger partial charge in [0.2, 0.25) is 5.90 Å². The number of nitrogens with zero attached hydrogens (tertiary/aromatic N) is 1. The van der Waals surface area contributed by atoms with Crippen LogP contribution >= 0.6 is 0 Å². The predicted octanol–water partition coefficient (Wildman–Crippen LogP) is 2.82. The van der Waals surface area contributed by atoms with Gasteiger partial charge in [-0.05, 0) is 42.0 Å². The Morgan fingerprint density at radius 3 is 2.52 bits per heavy atom. The van der Waals surface area contributed by atoms with Gasteiger partial charge in [0, 0.05) is 5.56 Å². The van der Waals surface area contributed by atoms with Gasteiger partial charge >= 0.3 is 5.97 Å². The number of aliphatic imine (C=N–C) groups is 1. The lowest BCUT2D eigenvalue weighted by Crippen LogP contribution is -2.15. The first-order chi connectivity index (χ1) is 13.2. The summed E-state index contributed by atoms with van der Waals surface area (Å²) in [7, 11) is 3.09. The number of rotatable bonds is 4. The maximum absolute atomic E-state index is 12.2. The molecule has 0 bridgehead atoms. The molecule has 2 aromatic carbocycles. The number of carbonyl (C=O) groups excluding carboxylic acids is 1. The number of benzene rings is 2. The van der Waals surface area contributed by atoms with Gasteiger partial charge in [-0.15, -0.1) is 0 Å². The minimum absolute atomic E-state index is 0.205. The van der Waals surface area contributed by atoms with Gasteiger partial charge in [0.15, 0.2) is 28.7 Å². The van der Waals surface area contributed by atoms with E-state index < -0.39 is 5.97 Å². The van der Waals surface area contributed by atoms with E-state index in [4.69, 9.17) is 23.7 Å². The Morgan fingerprint density at radius 2 is 1.74 bits per heavy atom. The summed E-state index contributed by atoms with van der Waals surface area (Å²) in [4.78, 5) is 16.5. The van der Waals surface area contributed by atoms with Crippen molar-refractivity contribution in [3.8, 4) is 23.0 Å². The highest BCUT2D eigenvalue weighted by molar-refractivity contribution is 6.13. The number of carbonyl (C=O) groups is 1. The summed E-state index contributed by atoms with van der Waals surface area (Å²) in [6.45, 7) is 1.02. The average Bonchev–Trinajstić information content (AvgIpc) is 3.07. The second-order valence-electron chi connectivity index (χ2n) is 5.81. The van der Waals surface area contributed by atoms with E-state index in [1.54, 1.807) is 43.5 Å². The summed E-state index contributed by atoms with van der Waals surface area (Å²) >= 11 is 0. The van der Waals surface area contributed by atoms with Gasteiger partial charge in [0.1, 0.15) is 13.2 Å². The van der Waals surface area contributed by atoms with Crippen LogP contribution in [0, 0.1) is 0 Å².